The predicted octanol–water partition coefficient (Wildman–Crippen LogP) is 4.24. The van der Waals surface area contributed by atoms with Crippen LogP contribution >= 0.6 is 27.7 Å². The summed E-state index contributed by atoms with van der Waals surface area (Å²) in [6, 6.07) is 15.1. The lowest BCUT2D eigenvalue weighted by atomic mass is 10.1. The van der Waals surface area contributed by atoms with Crippen LogP contribution in [0.2, 0.25) is 0 Å². The topological polar surface area (TPSA) is 58.6 Å². The zero-order valence-corrected chi connectivity index (χ0v) is 19.4. The molecule has 0 aliphatic rings. The van der Waals surface area contributed by atoms with Crippen LogP contribution < -0.4 is 10.1 Å². The SMILES string of the molecule is CCNC(=O)[C@H](C)N(Cc1cccc(Br)c1)C(=O)CSCc1ccc(OC)cc1. The first kappa shape index (κ1) is 23.3. The molecule has 0 unspecified atom stereocenters. The molecule has 1 atom stereocenters. The number of nitrogens with one attached hydrogen (secondary N) is 1. The summed E-state index contributed by atoms with van der Waals surface area (Å²) in [6.45, 7) is 4.57. The lowest BCUT2D eigenvalue weighted by Gasteiger charge is -2.28. The summed E-state index contributed by atoms with van der Waals surface area (Å²) in [4.78, 5) is 27.0. The molecule has 2 aromatic rings. The average molecular weight is 479 g/mol. The van der Waals surface area contributed by atoms with E-state index in [9.17, 15) is 9.59 Å². The van der Waals surface area contributed by atoms with Crippen molar-refractivity contribution in [1.82, 2.24) is 10.2 Å². The van der Waals surface area contributed by atoms with Gasteiger partial charge in [-0.15, -0.1) is 11.8 Å². The number of hydrogen-bond donors (Lipinski definition) is 1. The molecule has 0 radical (unpaired) electrons. The molecule has 0 spiro atoms. The highest BCUT2D eigenvalue weighted by Gasteiger charge is 2.25. The monoisotopic (exact) mass is 478 g/mol. The number of carbonyl (C=O) groups is 2. The molecule has 29 heavy (non-hydrogen) atoms. The zero-order valence-electron chi connectivity index (χ0n) is 17.0. The van der Waals surface area contributed by atoms with Gasteiger partial charge in [0.25, 0.3) is 0 Å². The Bertz CT molecular complexity index is 814. The lowest BCUT2D eigenvalue weighted by molar-refractivity contribution is -0.138. The first-order valence-corrected chi connectivity index (χ1v) is 11.4. The van der Waals surface area contributed by atoms with E-state index in [2.05, 4.69) is 21.2 Å². The fraction of sp³-hybridized carbons (Fsp3) is 0.364. The van der Waals surface area contributed by atoms with Crippen LogP contribution in [0.25, 0.3) is 0 Å². The van der Waals surface area contributed by atoms with Crippen LogP contribution in [0.4, 0.5) is 0 Å². The quantitative estimate of drug-likeness (QED) is 0.554. The van der Waals surface area contributed by atoms with Crippen molar-refractivity contribution in [3.8, 4) is 5.75 Å². The van der Waals surface area contributed by atoms with E-state index in [1.807, 2.05) is 55.5 Å². The number of rotatable bonds is 10. The number of carbonyl (C=O) groups excluding carboxylic acids is 2. The molecule has 7 heteroatoms. The second kappa shape index (κ2) is 11.9. The highest BCUT2D eigenvalue weighted by molar-refractivity contribution is 9.10. The smallest absolute Gasteiger partial charge is 0.242 e. The molecule has 0 bridgehead atoms. The molecule has 0 aromatic heterocycles. The van der Waals surface area contributed by atoms with Crippen molar-refractivity contribution in [2.45, 2.75) is 32.2 Å². The third kappa shape index (κ3) is 7.40. The minimum atomic E-state index is -0.539. The van der Waals surface area contributed by atoms with Crippen LogP contribution in [-0.4, -0.2) is 42.2 Å². The number of halogens is 1. The molecule has 2 aromatic carbocycles. The second-order valence-electron chi connectivity index (χ2n) is 6.56. The second-order valence-corrected chi connectivity index (χ2v) is 8.46. The van der Waals surface area contributed by atoms with Gasteiger partial charge in [0, 0.05) is 23.3 Å². The number of ether oxygens (including phenoxy) is 1. The van der Waals surface area contributed by atoms with Crippen molar-refractivity contribution in [3.63, 3.8) is 0 Å². The molecule has 2 rings (SSSR count). The molecule has 0 saturated carbocycles. The third-order valence-electron chi connectivity index (χ3n) is 4.41. The van der Waals surface area contributed by atoms with E-state index in [1.54, 1.807) is 18.9 Å². The summed E-state index contributed by atoms with van der Waals surface area (Å²) in [5.74, 6) is 1.64. The molecular weight excluding hydrogens is 452 g/mol. The van der Waals surface area contributed by atoms with E-state index >= 15 is 0 Å². The Balaban J connectivity index is 2.03. The highest BCUT2D eigenvalue weighted by atomic mass is 79.9. The van der Waals surface area contributed by atoms with Gasteiger partial charge >= 0.3 is 0 Å². The van der Waals surface area contributed by atoms with Gasteiger partial charge in [0.2, 0.25) is 11.8 Å². The fourth-order valence-corrected chi connectivity index (χ4v) is 4.11. The van der Waals surface area contributed by atoms with Crippen molar-refractivity contribution in [2.24, 2.45) is 0 Å². The van der Waals surface area contributed by atoms with E-state index in [0.29, 0.717) is 18.8 Å². The fourth-order valence-electron chi connectivity index (χ4n) is 2.80. The van der Waals surface area contributed by atoms with Crippen molar-refractivity contribution in [1.29, 1.82) is 0 Å². The molecule has 156 valence electrons. The number of thioether (sulfide) groups is 1. The number of methoxy groups -OCH3 is 1. The van der Waals surface area contributed by atoms with Crippen LogP contribution in [0.5, 0.6) is 5.75 Å². The summed E-state index contributed by atoms with van der Waals surface area (Å²) in [6.07, 6.45) is 0. The van der Waals surface area contributed by atoms with E-state index in [-0.39, 0.29) is 11.8 Å². The Hall–Kier alpha value is -1.99. The molecule has 0 aliphatic carbocycles. The van der Waals surface area contributed by atoms with Gasteiger partial charge < -0.3 is 15.0 Å². The van der Waals surface area contributed by atoms with Crippen molar-refractivity contribution in [3.05, 3.63) is 64.1 Å². The van der Waals surface area contributed by atoms with Crippen molar-refractivity contribution >= 4 is 39.5 Å². The Morgan fingerprint density at radius 2 is 1.90 bits per heavy atom. The Kier molecular flexibility index (Phi) is 9.54. The minimum absolute atomic E-state index is 0.0535. The van der Waals surface area contributed by atoms with Gasteiger partial charge in [0.1, 0.15) is 11.8 Å². The summed E-state index contributed by atoms with van der Waals surface area (Å²) in [7, 11) is 1.64. The Labute approximate surface area is 185 Å². The zero-order chi connectivity index (χ0) is 21.2. The van der Waals surface area contributed by atoms with E-state index in [4.69, 9.17) is 4.74 Å². The number of amides is 2. The molecule has 0 saturated heterocycles. The predicted molar refractivity (Wildman–Crippen MR) is 122 cm³/mol. The summed E-state index contributed by atoms with van der Waals surface area (Å²) in [5, 5.41) is 2.81. The van der Waals surface area contributed by atoms with E-state index in [1.165, 1.54) is 11.8 Å². The molecule has 1 N–H and O–H groups in total. The van der Waals surface area contributed by atoms with E-state index in [0.717, 1.165) is 27.1 Å². The van der Waals surface area contributed by atoms with Crippen LogP contribution in [-0.2, 0) is 21.9 Å². The third-order valence-corrected chi connectivity index (χ3v) is 5.90. The molecule has 5 nitrogen and oxygen atoms in total. The normalized spacial score (nSPS) is 11.6. The van der Waals surface area contributed by atoms with Gasteiger partial charge in [-0.05, 0) is 49.2 Å². The summed E-state index contributed by atoms with van der Waals surface area (Å²) in [5.41, 5.74) is 2.10. The highest BCUT2D eigenvalue weighted by Crippen LogP contribution is 2.19. The van der Waals surface area contributed by atoms with Crippen LogP contribution in [0, 0.1) is 0 Å². The first-order valence-electron chi connectivity index (χ1n) is 9.47. The number of hydrogen-bond acceptors (Lipinski definition) is 4. The first-order chi connectivity index (χ1) is 13.9. The molecule has 0 heterocycles. The standard InChI is InChI=1S/C22H27BrN2O3S/c1-4-24-22(27)16(2)25(13-18-6-5-7-19(23)12-18)21(26)15-29-14-17-8-10-20(28-3)11-9-17/h5-12,16H,4,13-15H2,1-3H3,(H,24,27)/t16-/m0/s1. The van der Waals surface area contributed by atoms with Crippen LogP contribution in [0.1, 0.15) is 25.0 Å². The average Bonchev–Trinajstić information content (AvgIpc) is 2.72. The number of nitrogens with zero attached hydrogens (tertiary/aromatic N) is 1. The molecule has 0 aliphatic heterocycles. The van der Waals surface area contributed by atoms with Crippen molar-refractivity contribution < 1.29 is 14.3 Å². The largest absolute Gasteiger partial charge is 0.497 e. The molecule has 2 amide bonds. The Morgan fingerprint density at radius 3 is 2.52 bits per heavy atom. The van der Waals surface area contributed by atoms with Gasteiger partial charge in [0.15, 0.2) is 0 Å². The van der Waals surface area contributed by atoms with Crippen molar-refractivity contribution in [2.75, 3.05) is 19.4 Å². The van der Waals surface area contributed by atoms with Gasteiger partial charge in [-0.3, -0.25) is 9.59 Å². The summed E-state index contributed by atoms with van der Waals surface area (Å²) >= 11 is 5.00. The van der Waals surface area contributed by atoms with E-state index < -0.39 is 6.04 Å². The van der Waals surface area contributed by atoms with Gasteiger partial charge in [-0.25, -0.2) is 0 Å². The van der Waals surface area contributed by atoms with Crippen LogP contribution in [0.15, 0.2) is 53.0 Å². The Morgan fingerprint density at radius 1 is 1.17 bits per heavy atom. The summed E-state index contributed by atoms with van der Waals surface area (Å²) < 4.78 is 6.11. The molecular formula is C22H27BrN2O3S. The van der Waals surface area contributed by atoms with Gasteiger partial charge in [-0.2, -0.15) is 0 Å². The van der Waals surface area contributed by atoms with Crippen LogP contribution in [0.3, 0.4) is 0 Å². The van der Waals surface area contributed by atoms with Gasteiger partial charge in [-0.1, -0.05) is 40.2 Å². The van der Waals surface area contributed by atoms with Gasteiger partial charge in [0.05, 0.1) is 12.9 Å². The molecule has 0 fully saturated rings. The lowest BCUT2D eigenvalue weighted by Crippen LogP contribution is -2.48. The maximum absolute atomic E-state index is 13.0. The number of likely N-dealkylation sites (N-methyl/N-ethyl adjacent to an activating group) is 1. The maximum atomic E-state index is 13.0. The maximum Gasteiger partial charge on any atom is 0.242 e. The number of benzene rings is 2. The minimum Gasteiger partial charge on any atom is -0.497 e.